The quantitative estimate of drug-likeness (QED) is 0.404. The van der Waals surface area contributed by atoms with Gasteiger partial charge in [-0.05, 0) is 24.3 Å². The minimum absolute atomic E-state index is 0.169. The van der Waals surface area contributed by atoms with Gasteiger partial charge in [0, 0.05) is 25.8 Å². The topological polar surface area (TPSA) is 67.9 Å². The number of benzene rings is 1. The fourth-order valence-corrected chi connectivity index (χ4v) is 2.26. The summed E-state index contributed by atoms with van der Waals surface area (Å²) in [6, 6.07) is 8.82. The van der Waals surface area contributed by atoms with Gasteiger partial charge in [0.2, 0.25) is 0 Å². The molecule has 0 radical (unpaired) electrons. The second-order valence-electron chi connectivity index (χ2n) is 5.44. The molecule has 1 unspecified atom stereocenters. The first kappa shape index (κ1) is 20.5. The molecule has 5 nitrogen and oxygen atoms in total. The first-order valence-corrected chi connectivity index (χ1v) is 8.18. The fraction of sp³-hybridized carbons (Fsp3) is 0.300. The van der Waals surface area contributed by atoms with E-state index in [1.807, 2.05) is 19.1 Å². The zero-order chi connectivity index (χ0) is 18.7. The van der Waals surface area contributed by atoms with Crippen LogP contribution in [0.15, 0.2) is 72.3 Å². The fourth-order valence-electron chi connectivity index (χ4n) is 2.26. The summed E-state index contributed by atoms with van der Waals surface area (Å²) in [5.41, 5.74) is 7.56. The lowest BCUT2D eigenvalue weighted by molar-refractivity contribution is 0.0986. The molecule has 0 fully saturated rings. The van der Waals surface area contributed by atoms with Gasteiger partial charge < -0.3 is 10.5 Å². The smallest absolute Gasteiger partial charge is 0.278 e. The van der Waals surface area contributed by atoms with Crippen LogP contribution >= 0.6 is 0 Å². The van der Waals surface area contributed by atoms with Crippen molar-refractivity contribution in [1.82, 2.24) is 4.90 Å². The number of carbonyl (C=O) groups is 1. The molecule has 0 saturated carbocycles. The van der Waals surface area contributed by atoms with Crippen LogP contribution in [-0.2, 0) is 4.74 Å². The van der Waals surface area contributed by atoms with Gasteiger partial charge in [-0.15, -0.1) is 0 Å². The van der Waals surface area contributed by atoms with Crippen LogP contribution in [0.1, 0.15) is 17.3 Å². The minimum atomic E-state index is -0.470. The van der Waals surface area contributed by atoms with E-state index in [0.29, 0.717) is 18.7 Å². The second kappa shape index (κ2) is 11.1. The Bertz CT molecular complexity index is 636. The van der Waals surface area contributed by atoms with Gasteiger partial charge in [0.05, 0.1) is 0 Å². The zero-order valence-electron chi connectivity index (χ0n) is 15.0. The standard InChI is InChI=1S/C20H27N3O2/c1-5-11-16(6-2)14-23(7-3)15-18(25-4)19(21)22-20(24)17-12-9-8-10-13-17/h5-6,8-13,18H,1-2,7,14-15H2,3-4H3,(H2,21,22,24)/b16-11+. The average Bonchev–Trinajstić information content (AvgIpc) is 2.64. The molecule has 0 aromatic heterocycles. The molecule has 2 N–H and O–H groups in total. The highest BCUT2D eigenvalue weighted by Gasteiger charge is 2.18. The van der Waals surface area contributed by atoms with Gasteiger partial charge in [-0.2, -0.15) is 4.99 Å². The summed E-state index contributed by atoms with van der Waals surface area (Å²) in [7, 11) is 1.56. The summed E-state index contributed by atoms with van der Waals surface area (Å²) < 4.78 is 5.44. The molecule has 1 aromatic carbocycles. The van der Waals surface area contributed by atoms with Crippen LogP contribution in [0.2, 0.25) is 0 Å². The van der Waals surface area contributed by atoms with Crippen molar-refractivity contribution in [3.63, 3.8) is 0 Å². The number of methoxy groups -OCH3 is 1. The van der Waals surface area contributed by atoms with Crippen LogP contribution < -0.4 is 5.73 Å². The van der Waals surface area contributed by atoms with Crippen LogP contribution in [0, 0.1) is 0 Å². The van der Waals surface area contributed by atoms with Gasteiger partial charge in [-0.3, -0.25) is 9.69 Å². The number of carbonyl (C=O) groups excluding carboxylic acids is 1. The highest BCUT2D eigenvalue weighted by molar-refractivity contribution is 6.04. The molecule has 1 aromatic rings. The first-order valence-electron chi connectivity index (χ1n) is 8.18. The Hall–Kier alpha value is -2.50. The number of amidine groups is 1. The van der Waals surface area contributed by atoms with Crippen LogP contribution in [-0.4, -0.2) is 49.5 Å². The van der Waals surface area contributed by atoms with Crippen molar-refractivity contribution in [2.45, 2.75) is 13.0 Å². The van der Waals surface area contributed by atoms with Crippen molar-refractivity contribution in [2.75, 3.05) is 26.7 Å². The number of nitrogens with two attached hydrogens (primary N) is 1. The number of likely N-dealkylation sites (N-methyl/N-ethyl adjacent to an activating group) is 1. The van der Waals surface area contributed by atoms with Crippen molar-refractivity contribution in [3.05, 3.63) is 72.9 Å². The lowest BCUT2D eigenvalue weighted by atomic mass is 10.2. The van der Waals surface area contributed by atoms with Gasteiger partial charge in [0.15, 0.2) is 0 Å². The van der Waals surface area contributed by atoms with Crippen LogP contribution in [0.3, 0.4) is 0 Å². The second-order valence-corrected chi connectivity index (χ2v) is 5.44. The Balaban J connectivity index is 2.83. The molecular weight excluding hydrogens is 314 g/mol. The summed E-state index contributed by atoms with van der Waals surface area (Å²) in [5.74, 6) is -0.204. The van der Waals surface area contributed by atoms with Crippen molar-refractivity contribution in [3.8, 4) is 0 Å². The molecule has 0 aliphatic carbocycles. The van der Waals surface area contributed by atoms with Crippen molar-refractivity contribution in [2.24, 2.45) is 10.7 Å². The largest absolute Gasteiger partial charge is 0.385 e. The Labute approximate surface area is 150 Å². The Kier molecular flexibility index (Phi) is 9.14. The van der Waals surface area contributed by atoms with Crippen LogP contribution in [0.4, 0.5) is 0 Å². The Morgan fingerprint density at radius 2 is 2.04 bits per heavy atom. The van der Waals surface area contributed by atoms with E-state index < -0.39 is 6.10 Å². The number of hydrogen-bond acceptors (Lipinski definition) is 3. The zero-order valence-corrected chi connectivity index (χ0v) is 15.0. The molecule has 25 heavy (non-hydrogen) atoms. The number of ether oxygens (including phenoxy) is 1. The van der Waals surface area contributed by atoms with E-state index in [9.17, 15) is 4.79 Å². The molecule has 0 aliphatic rings. The first-order chi connectivity index (χ1) is 12.0. The average molecular weight is 341 g/mol. The highest BCUT2D eigenvalue weighted by Crippen LogP contribution is 2.06. The maximum Gasteiger partial charge on any atom is 0.278 e. The van der Waals surface area contributed by atoms with Gasteiger partial charge in [0.25, 0.3) is 5.91 Å². The van der Waals surface area contributed by atoms with Crippen molar-refractivity contribution < 1.29 is 9.53 Å². The Morgan fingerprint density at radius 1 is 1.36 bits per heavy atom. The number of rotatable bonds is 10. The summed E-state index contributed by atoms with van der Waals surface area (Å²) in [5, 5.41) is 0. The Morgan fingerprint density at radius 3 is 2.56 bits per heavy atom. The SMILES string of the molecule is C=C/C=C(\C=C)CN(CC)CC(OC)C(N)=NC(=O)c1ccccc1. The third kappa shape index (κ3) is 6.87. The van der Waals surface area contributed by atoms with E-state index >= 15 is 0 Å². The van der Waals surface area contributed by atoms with Crippen LogP contribution in [0.5, 0.6) is 0 Å². The molecular formula is C20H27N3O2. The number of allylic oxidation sites excluding steroid dienone is 2. The molecule has 1 amide bonds. The predicted molar refractivity (Wildman–Crippen MR) is 104 cm³/mol. The van der Waals surface area contributed by atoms with E-state index in [0.717, 1.165) is 12.1 Å². The monoisotopic (exact) mass is 341 g/mol. The molecule has 0 bridgehead atoms. The number of hydrogen-bond donors (Lipinski definition) is 1. The van der Waals surface area contributed by atoms with Gasteiger partial charge in [-0.1, -0.05) is 56.5 Å². The van der Waals surface area contributed by atoms with E-state index in [1.54, 1.807) is 43.5 Å². The summed E-state index contributed by atoms with van der Waals surface area (Å²) in [6.07, 6.45) is 4.96. The number of nitrogens with zero attached hydrogens (tertiary/aromatic N) is 2. The van der Waals surface area contributed by atoms with Crippen molar-refractivity contribution in [1.29, 1.82) is 0 Å². The van der Waals surface area contributed by atoms with Crippen molar-refractivity contribution >= 4 is 11.7 Å². The number of amides is 1. The van der Waals surface area contributed by atoms with Gasteiger partial charge in [0.1, 0.15) is 11.9 Å². The molecule has 0 spiro atoms. The molecule has 0 heterocycles. The molecule has 0 aliphatic heterocycles. The van der Waals surface area contributed by atoms with Gasteiger partial charge >= 0.3 is 0 Å². The molecule has 1 atom stereocenters. The number of aliphatic imine (C=N–C) groups is 1. The van der Waals surface area contributed by atoms with E-state index in [1.165, 1.54) is 0 Å². The predicted octanol–water partition coefficient (Wildman–Crippen LogP) is 2.82. The maximum atomic E-state index is 12.2. The van der Waals surface area contributed by atoms with E-state index in [2.05, 4.69) is 23.1 Å². The lowest BCUT2D eigenvalue weighted by Crippen LogP contribution is -2.42. The highest BCUT2D eigenvalue weighted by atomic mass is 16.5. The van der Waals surface area contributed by atoms with Gasteiger partial charge in [-0.25, -0.2) is 0 Å². The summed E-state index contributed by atoms with van der Waals surface area (Å²) in [6.45, 7) is 11.6. The molecule has 0 saturated heterocycles. The lowest BCUT2D eigenvalue weighted by Gasteiger charge is -2.25. The van der Waals surface area contributed by atoms with E-state index in [4.69, 9.17) is 10.5 Å². The maximum absolute atomic E-state index is 12.2. The summed E-state index contributed by atoms with van der Waals surface area (Å²) >= 11 is 0. The third-order valence-corrected chi connectivity index (χ3v) is 3.74. The van der Waals surface area contributed by atoms with Crippen LogP contribution in [0.25, 0.3) is 0 Å². The third-order valence-electron chi connectivity index (χ3n) is 3.74. The normalized spacial score (nSPS) is 13.6. The van der Waals surface area contributed by atoms with E-state index in [-0.39, 0.29) is 11.7 Å². The minimum Gasteiger partial charge on any atom is -0.385 e. The molecule has 134 valence electrons. The summed E-state index contributed by atoms with van der Waals surface area (Å²) in [4.78, 5) is 18.3. The molecule has 5 heteroatoms. The molecule has 1 rings (SSSR count).